The lowest BCUT2D eigenvalue weighted by atomic mass is 10.2. The zero-order valence-electron chi connectivity index (χ0n) is 16.4. The molecule has 0 bridgehead atoms. The van der Waals surface area contributed by atoms with E-state index in [4.69, 9.17) is 4.74 Å². The van der Waals surface area contributed by atoms with Crippen molar-refractivity contribution in [1.82, 2.24) is 4.72 Å². The lowest BCUT2D eigenvalue weighted by molar-refractivity contribution is -0.384. The van der Waals surface area contributed by atoms with Gasteiger partial charge in [0, 0.05) is 32.2 Å². The molecule has 1 fully saturated rings. The van der Waals surface area contributed by atoms with Gasteiger partial charge in [-0.25, -0.2) is 13.1 Å². The molecule has 1 N–H and O–H groups in total. The second-order valence-electron chi connectivity index (χ2n) is 6.49. The average Bonchev–Trinajstić information content (AvgIpc) is 2.74. The molecule has 1 heterocycles. The normalized spacial score (nSPS) is 14.7. The predicted molar refractivity (Wildman–Crippen MR) is 111 cm³/mol. The molecular formula is C19H24N4O5S. The standard InChI is InChI=1S/C19H24N4O5S/c1-3-28-19-7-5-4-6-17(19)22-12-10-21(11-13-22)16-9-8-15(29(26,27)20-2)14-18(16)23(24)25/h4-9,14,20H,3,10-13H2,1-2H3. The van der Waals surface area contributed by atoms with Crippen LogP contribution in [0.2, 0.25) is 0 Å². The molecule has 0 radical (unpaired) electrons. The SMILES string of the molecule is CCOc1ccccc1N1CCN(c2ccc(S(=O)(=O)NC)cc2[N+](=O)[O-])CC1. The van der Waals surface area contributed by atoms with Crippen molar-refractivity contribution in [3.05, 3.63) is 52.6 Å². The molecule has 3 rings (SSSR count). The summed E-state index contributed by atoms with van der Waals surface area (Å²) in [6.45, 7) is 4.98. The van der Waals surface area contributed by atoms with Crippen molar-refractivity contribution in [3.63, 3.8) is 0 Å². The first-order chi connectivity index (χ1) is 13.9. The van der Waals surface area contributed by atoms with E-state index in [2.05, 4.69) is 9.62 Å². The van der Waals surface area contributed by atoms with Gasteiger partial charge in [-0.15, -0.1) is 0 Å². The summed E-state index contributed by atoms with van der Waals surface area (Å²) in [4.78, 5) is 15.0. The Balaban J connectivity index is 1.82. The number of sulfonamides is 1. The highest BCUT2D eigenvalue weighted by molar-refractivity contribution is 7.89. The third-order valence-electron chi connectivity index (χ3n) is 4.85. The first-order valence-corrected chi connectivity index (χ1v) is 10.8. The molecule has 0 saturated carbocycles. The molecule has 1 aliphatic rings. The van der Waals surface area contributed by atoms with E-state index >= 15 is 0 Å². The van der Waals surface area contributed by atoms with Gasteiger partial charge in [-0.3, -0.25) is 10.1 Å². The summed E-state index contributed by atoms with van der Waals surface area (Å²) in [5.41, 5.74) is 1.20. The highest BCUT2D eigenvalue weighted by Crippen LogP contribution is 2.33. The molecule has 29 heavy (non-hydrogen) atoms. The van der Waals surface area contributed by atoms with Gasteiger partial charge in [-0.1, -0.05) is 12.1 Å². The van der Waals surface area contributed by atoms with Crippen LogP contribution in [0.3, 0.4) is 0 Å². The Bertz CT molecular complexity index is 988. The summed E-state index contributed by atoms with van der Waals surface area (Å²) >= 11 is 0. The van der Waals surface area contributed by atoms with Crippen molar-refractivity contribution in [1.29, 1.82) is 0 Å². The van der Waals surface area contributed by atoms with Crippen LogP contribution in [-0.4, -0.2) is 53.2 Å². The fourth-order valence-electron chi connectivity index (χ4n) is 3.39. The summed E-state index contributed by atoms with van der Waals surface area (Å²) in [5.74, 6) is 0.816. The zero-order valence-corrected chi connectivity index (χ0v) is 17.2. The number of hydrogen-bond donors (Lipinski definition) is 1. The molecule has 0 unspecified atom stereocenters. The number of nitrogens with one attached hydrogen (secondary N) is 1. The van der Waals surface area contributed by atoms with Crippen LogP contribution in [0.5, 0.6) is 5.75 Å². The van der Waals surface area contributed by atoms with Crippen molar-refractivity contribution in [2.24, 2.45) is 0 Å². The summed E-state index contributed by atoms with van der Waals surface area (Å²) in [5, 5.41) is 11.6. The monoisotopic (exact) mass is 420 g/mol. The molecule has 2 aromatic carbocycles. The van der Waals surface area contributed by atoms with Crippen molar-refractivity contribution < 1.29 is 18.1 Å². The van der Waals surface area contributed by atoms with Crippen molar-refractivity contribution in [2.45, 2.75) is 11.8 Å². The first-order valence-electron chi connectivity index (χ1n) is 9.31. The average molecular weight is 420 g/mol. The molecular weight excluding hydrogens is 396 g/mol. The van der Waals surface area contributed by atoms with E-state index in [0.29, 0.717) is 38.5 Å². The van der Waals surface area contributed by atoms with Gasteiger partial charge in [0.05, 0.1) is 22.1 Å². The van der Waals surface area contributed by atoms with Crippen LogP contribution in [0.4, 0.5) is 17.1 Å². The van der Waals surface area contributed by atoms with Gasteiger partial charge < -0.3 is 14.5 Å². The Morgan fingerprint density at radius 3 is 2.28 bits per heavy atom. The highest BCUT2D eigenvalue weighted by Gasteiger charge is 2.27. The van der Waals surface area contributed by atoms with E-state index in [1.165, 1.54) is 19.2 Å². The molecule has 10 heteroatoms. The first kappa shape index (κ1) is 20.9. The van der Waals surface area contributed by atoms with E-state index in [-0.39, 0.29) is 10.6 Å². The molecule has 0 aliphatic carbocycles. The Morgan fingerprint density at radius 1 is 1.07 bits per heavy atom. The summed E-state index contributed by atoms with van der Waals surface area (Å²) in [7, 11) is -2.48. The number of nitro groups is 1. The van der Waals surface area contributed by atoms with Crippen LogP contribution in [0.1, 0.15) is 6.92 Å². The summed E-state index contributed by atoms with van der Waals surface area (Å²) in [6, 6.07) is 11.8. The number of ether oxygens (including phenoxy) is 1. The minimum atomic E-state index is -3.75. The van der Waals surface area contributed by atoms with Gasteiger partial charge in [0.15, 0.2) is 0 Å². The van der Waals surface area contributed by atoms with E-state index in [1.807, 2.05) is 36.1 Å². The minimum absolute atomic E-state index is 0.125. The largest absolute Gasteiger partial charge is 0.492 e. The molecule has 1 aliphatic heterocycles. The van der Waals surface area contributed by atoms with E-state index in [0.717, 1.165) is 17.5 Å². The van der Waals surface area contributed by atoms with Crippen molar-refractivity contribution in [2.75, 3.05) is 49.6 Å². The molecule has 0 amide bonds. The number of anilines is 2. The summed E-state index contributed by atoms with van der Waals surface area (Å²) < 4.78 is 31.8. The Hall–Kier alpha value is -2.85. The van der Waals surface area contributed by atoms with Crippen LogP contribution in [0, 0.1) is 10.1 Å². The van der Waals surface area contributed by atoms with Gasteiger partial charge in [0.1, 0.15) is 11.4 Å². The number of nitrogens with zero attached hydrogens (tertiary/aromatic N) is 3. The molecule has 0 atom stereocenters. The van der Waals surface area contributed by atoms with Gasteiger partial charge in [-0.05, 0) is 38.2 Å². The number of para-hydroxylation sites is 2. The second-order valence-corrected chi connectivity index (χ2v) is 8.38. The fraction of sp³-hybridized carbons (Fsp3) is 0.368. The second kappa shape index (κ2) is 8.66. The number of piperazine rings is 1. The van der Waals surface area contributed by atoms with Crippen LogP contribution in [-0.2, 0) is 10.0 Å². The molecule has 2 aromatic rings. The fourth-order valence-corrected chi connectivity index (χ4v) is 4.14. The Morgan fingerprint density at radius 2 is 1.69 bits per heavy atom. The lowest BCUT2D eigenvalue weighted by Crippen LogP contribution is -2.46. The molecule has 156 valence electrons. The maximum atomic E-state index is 12.0. The quantitative estimate of drug-likeness (QED) is 0.541. The number of benzene rings is 2. The molecule has 1 saturated heterocycles. The van der Waals surface area contributed by atoms with Crippen LogP contribution in [0.15, 0.2) is 47.4 Å². The maximum absolute atomic E-state index is 12.0. The number of hydrogen-bond acceptors (Lipinski definition) is 7. The molecule has 9 nitrogen and oxygen atoms in total. The van der Waals surface area contributed by atoms with E-state index < -0.39 is 14.9 Å². The third kappa shape index (κ3) is 4.43. The Labute approximate surface area is 170 Å². The predicted octanol–water partition coefficient (Wildman–Crippen LogP) is 2.23. The van der Waals surface area contributed by atoms with Crippen molar-refractivity contribution >= 4 is 27.1 Å². The van der Waals surface area contributed by atoms with Crippen LogP contribution >= 0.6 is 0 Å². The van der Waals surface area contributed by atoms with Crippen LogP contribution in [0.25, 0.3) is 0 Å². The topological polar surface area (TPSA) is 105 Å². The minimum Gasteiger partial charge on any atom is -0.492 e. The smallest absolute Gasteiger partial charge is 0.293 e. The molecule has 0 spiro atoms. The maximum Gasteiger partial charge on any atom is 0.293 e. The van der Waals surface area contributed by atoms with Gasteiger partial charge >= 0.3 is 0 Å². The van der Waals surface area contributed by atoms with E-state index in [1.54, 1.807) is 0 Å². The molecule has 0 aromatic heterocycles. The lowest BCUT2D eigenvalue weighted by Gasteiger charge is -2.37. The van der Waals surface area contributed by atoms with Crippen molar-refractivity contribution in [3.8, 4) is 5.75 Å². The van der Waals surface area contributed by atoms with Gasteiger partial charge in [0.25, 0.3) is 5.69 Å². The van der Waals surface area contributed by atoms with Crippen LogP contribution < -0.4 is 19.3 Å². The number of nitro benzene ring substituents is 1. The van der Waals surface area contributed by atoms with Gasteiger partial charge in [-0.2, -0.15) is 0 Å². The third-order valence-corrected chi connectivity index (χ3v) is 6.26. The zero-order chi connectivity index (χ0) is 21.0. The van der Waals surface area contributed by atoms with Gasteiger partial charge in [0.2, 0.25) is 10.0 Å². The summed E-state index contributed by atoms with van der Waals surface area (Å²) in [6.07, 6.45) is 0. The Kier molecular flexibility index (Phi) is 6.23. The highest BCUT2D eigenvalue weighted by atomic mass is 32.2. The number of rotatable bonds is 7. The van der Waals surface area contributed by atoms with E-state index in [9.17, 15) is 18.5 Å².